The average molecular weight is 890 g/mol. The molecular weight excluding hydrogens is 862 g/mol. The van der Waals surface area contributed by atoms with Crippen LogP contribution in [0.2, 0.25) is 0 Å². The average Bonchev–Trinajstić information content (AvgIpc) is 3.79. The molecule has 1 fully saturated rings. The maximum atomic E-state index is 14.4. The number of fused-ring (bicyclic) bond motifs is 2. The van der Waals surface area contributed by atoms with Crippen LogP contribution in [0.4, 0.5) is 14.3 Å². The third-order valence-electron chi connectivity index (χ3n) is 8.46. The van der Waals surface area contributed by atoms with Gasteiger partial charge in [-0.3, -0.25) is 14.5 Å². The van der Waals surface area contributed by atoms with Crippen molar-refractivity contribution in [2.24, 2.45) is 5.16 Å². The van der Waals surface area contributed by atoms with E-state index in [-0.39, 0.29) is 50.3 Å². The number of aromatic nitrogens is 5. The first-order chi connectivity index (χ1) is 28.0. The number of anilines is 1. The summed E-state index contributed by atoms with van der Waals surface area (Å²) in [4.78, 5) is 57.6. The fourth-order valence-electron chi connectivity index (χ4n) is 5.66. The van der Waals surface area contributed by atoms with Crippen molar-refractivity contribution in [1.29, 1.82) is 0 Å². The van der Waals surface area contributed by atoms with E-state index in [1.165, 1.54) is 21.7 Å². The first kappa shape index (κ1) is 40.8. The number of hydrogen-bond donors (Lipinski definition) is 7. The highest BCUT2D eigenvalue weighted by Crippen LogP contribution is 2.42. The maximum absolute atomic E-state index is 14.4. The van der Waals surface area contributed by atoms with Gasteiger partial charge in [-0.05, 0) is 37.3 Å². The topological polar surface area (TPSA) is 315 Å². The van der Waals surface area contributed by atoms with E-state index in [1.807, 2.05) is 0 Å². The van der Waals surface area contributed by atoms with Gasteiger partial charge >= 0.3 is 6.16 Å². The van der Waals surface area contributed by atoms with E-state index >= 15 is 0 Å². The molecule has 1 saturated heterocycles. The van der Waals surface area contributed by atoms with Crippen molar-refractivity contribution in [2.75, 3.05) is 17.2 Å². The van der Waals surface area contributed by atoms with E-state index in [2.05, 4.69) is 30.5 Å². The van der Waals surface area contributed by atoms with Crippen molar-refractivity contribution in [2.45, 2.75) is 40.6 Å². The van der Waals surface area contributed by atoms with Crippen LogP contribution in [0.3, 0.4) is 0 Å². The minimum Gasteiger partial charge on any atom is -0.504 e. The Labute approximate surface area is 342 Å². The number of carbonyl (C=O) groups excluding carboxylic acids is 2. The fraction of sp³-hybridized carbons (Fsp3) is 0.212. The molecular formula is C33H28FN9O12S4. The van der Waals surface area contributed by atoms with Crippen molar-refractivity contribution in [3.8, 4) is 23.0 Å². The zero-order valence-electron chi connectivity index (χ0n) is 29.8. The minimum absolute atomic E-state index is 0.0349. The number of thioether (sulfide) groups is 2. The Morgan fingerprint density at radius 3 is 2.58 bits per heavy atom. The Kier molecular flexibility index (Phi) is 11.1. The lowest BCUT2D eigenvalue weighted by molar-refractivity contribution is -0.148. The summed E-state index contributed by atoms with van der Waals surface area (Å²) >= 11 is 3.32. The summed E-state index contributed by atoms with van der Waals surface area (Å²) in [5.41, 5.74) is 5.96. The standard InChI is InChI=1S/C33H28FN9O12S4/c1-13-6-22(43-32(36-13)38-21(40-43)12-59(52,53)16-3-5-18(44)20(46)7-16)56-9-15-10-57-30-25(28(49)42(30)29(15)55-33(50)51)39-27(48)24(17-11-58-31(35)37-17)41-54-8-14-2-4-19(45)26(47)23(14)34/h2-7,11,25,30,44-47H,8-10,12H2,1H3,(H2,35,37)(H,39,48)(H,50,51)/b41-24-/t25-,30-/m1/s1. The van der Waals surface area contributed by atoms with Crippen LogP contribution >= 0.6 is 34.9 Å². The number of nitrogens with one attached hydrogen (secondary N) is 1. The maximum Gasteiger partial charge on any atom is 0.512 e. The Bertz CT molecular complexity index is 2730. The molecule has 8 N–H and O–H groups in total. The molecule has 2 aliphatic heterocycles. The number of carboxylic acid groups (broad SMARTS) is 1. The summed E-state index contributed by atoms with van der Waals surface area (Å²) in [7, 11) is -4.07. The van der Waals surface area contributed by atoms with Gasteiger partial charge in [0.05, 0.1) is 4.90 Å². The van der Waals surface area contributed by atoms with Crippen molar-refractivity contribution >= 4 is 79.3 Å². The highest BCUT2D eigenvalue weighted by atomic mass is 32.2. The number of phenols is 4. The number of thiazole rings is 1. The molecule has 0 radical (unpaired) electrons. The van der Waals surface area contributed by atoms with E-state index in [0.29, 0.717) is 16.3 Å². The molecule has 0 aliphatic carbocycles. The molecule has 26 heteroatoms. The van der Waals surface area contributed by atoms with E-state index in [4.69, 9.17) is 15.3 Å². The number of nitrogens with two attached hydrogens (primary N) is 1. The van der Waals surface area contributed by atoms with Crippen LogP contribution in [0, 0.1) is 12.7 Å². The van der Waals surface area contributed by atoms with Crippen LogP contribution in [0.25, 0.3) is 5.78 Å². The third-order valence-corrected chi connectivity index (χ3v) is 13.2. The molecule has 308 valence electrons. The van der Waals surface area contributed by atoms with Crippen LogP contribution in [0.5, 0.6) is 23.0 Å². The van der Waals surface area contributed by atoms with Crippen molar-refractivity contribution in [3.05, 3.63) is 81.8 Å². The predicted octanol–water partition coefficient (Wildman–Crippen LogP) is 2.43. The number of nitrogen functional groups attached to an aromatic ring is 1. The van der Waals surface area contributed by atoms with E-state index in [1.54, 1.807) is 13.0 Å². The molecule has 0 bridgehead atoms. The van der Waals surface area contributed by atoms with Crippen LogP contribution < -0.4 is 11.1 Å². The van der Waals surface area contributed by atoms with Gasteiger partial charge in [0.15, 0.2) is 55.3 Å². The lowest BCUT2D eigenvalue weighted by Gasteiger charge is -2.49. The highest BCUT2D eigenvalue weighted by molar-refractivity contribution is 8.01. The first-order valence-electron chi connectivity index (χ1n) is 16.6. The summed E-state index contributed by atoms with van der Waals surface area (Å²) < 4.78 is 46.9. The second kappa shape index (κ2) is 16.1. The van der Waals surface area contributed by atoms with Gasteiger partial charge in [0, 0.05) is 39.8 Å². The Morgan fingerprint density at radius 2 is 1.86 bits per heavy atom. The number of rotatable bonds is 13. The number of phenolic OH excluding ortho intramolecular Hbond substituents is 4. The van der Waals surface area contributed by atoms with Gasteiger partial charge in [0.2, 0.25) is 5.88 Å². The summed E-state index contributed by atoms with van der Waals surface area (Å²) in [5.74, 6) is -6.42. The number of amides is 2. The van der Waals surface area contributed by atoms with E-state index in [9.17, 15) is 52.7 Å². The smallest absolute Gasteiger partial charge is 0.504 e. The normalized spacial score (nSPS) is 16.8. The number of ether oxygens (including phenoxy) is 1. The van der Waals surface area contributed by atoms with Gasteiger partial charge in [-0.2, -0.15) is 9.50 Å². The molecule has 21 nitrogen and oxygen atoms in total. The number of sulfone groups is 1. The van der Waals surface area contributed by atoms with E-state index in [0.717, 1.165) is 58.3 Å². The van der Waals surface area contributed by atoms with Crippen molar-refractivity contribution in [1.82, 2.24) is 34.8 Å². The molecule has 0 spiro atoms. The number of nitrogens with zero attached hydrogens (tertiary/aromatic N) is 7. The highest BCUT2D eigenvalue weighted by Gasteiger charge is 2.54. The number of benzene rings is 2. The molecule has 5 heterocycles. The quantitative estimate of drug-likeness (QED) is 0.0170. The van der Waals surface area contributed by atoms with Gasteiger partial charge in [0.1, 0.15) is 34.5 Å². The second-order valence-electron chi connectivity index (χ2n) is 12.5. The molecule has 0 unspecified atom stereocenters. The SMILES string of the molecule is Cc1cc(SCC2=C(OC(=O)O)N3C(=O)[C@@H](NC(=O)/C(=N\OCc4ccc(O)c(O)c4F)c4csc(N)n4)[C@H]3SC2)n2nc(CS(=O)(=O)c3ccc(O)c(O)c3)nc2n1. The molecule has 2 aromatic carbocycles. The molecule has 2 amide bonds. The Hall–Kier alpha value is -6.38. The van der Waals surface area contributed by atoms with E-state index < -0.39 is 86.1 Å². The summed E-state index contributed by atoms with van der Waals surface area (Å²) in [5, 5.41) is 59.9. The first-order valence-corrected chi connectivity index (χ1v) is 21.2. The Balaban J connectivity index is 1.07. The fourth-order valence-corrected chi connectivity index (χ4v) is 9.91. The largest absolute Gasteiger partial charge is 0.512 e. The molecule has 7 rings (SSSR count). The summed E-state index contributed by atoms with van der Waals surface area (Å²) in [6.45, 7) is 1.09. The molecule has 2 aliphatic rings. The van der Waals surface area contributed by atoms with Gasteiger partial charge in [-0.1, -0.05) is 5.16 Å². The molecule has 2 atom stereocenters. The number of aromatic hydroxyl groups is 4. The van der Waals surface area contributed by atoms with Gasteiger partial charge < -0.3 is 46.2 Å². The number of carbonyl (C=O) groups is 3. The zero-order valence-corrected chi connectivity index (χ0v) is 33.1. The number of halogens is 1. The van der Waals surface area contributed by atoms with Gasteiger partial charge in [-0.15, -0.1) is 40.0 Å². The molecule has 0 saturated carbocycles. The number of aryl methyl sites for hydroxylation is 1. The number of β-lactam (4-membered cyclic amide) rings is 1. The van der Waals surface area contributed by atoms with Gasteiger partial charge in [0.25, 0.3) is 17.6 Å². The molecule has 59 heavy (non-hydrogen) atoms. The van der Waals surface area contributed by atoms with Crippen molar-refractivity contribution in [3.63, 3.8) is 0 Å². The minimum atomic E-state index is -4.07. The molecule has 3 aromatic heterocycles. The second-order valence-corrected chi connectivity index (χ2v) is 17.5. The van der Waals surface area contributed by atoms with Crippen LogP contribution in [0.15, 0.2) is 68.3 Å². The number of oxime groups is 1. The predicted molar refractivity (Wildman–Crippen MR) is 206 cm³/mol. The van der Waals surface area contributed by atoms with Crippen LogP contribution in [-0.2, 0) is 41.4 Å². The monoisotopic (exact) mass is 889 g/mol. The lowest BCUT2D eigenvalue weighted by atomic mass is 10.1. The summed E-state index contributed by atoms with van der Waals surface area (Å²) in [6, 6.07) is 5.68. The van der Waals surface area contributed by atoms with Crippen LogP contribution in [0.1, 0.15) is 22.8 Å². The number of hydrogen-bond acceptors (Lipinski definition) is 20. The van der Waals surface area contributed by atoms with Crippen molar-refractivity contribution < 1.29 is 62.3 Å². The molecule has 5 aromatic rings. The third kappa shape index (κ3) is 8.32. The Morgan fingerprint density at radius 1 is 1.10 bits per heavy atom. The summed E-state index contributed by atoms with van der Waals surface area (Å²) in [6.07, 6.45) is -1.70. The lowest BCUT2D eigenvalue weighted by Crippen LogP contribution is -2.70. The van der Waals surface area contributed by atoms with Crippen LogP contribution in [-0.4, -0.2) is 110 Å². The van der Waals surface area contributed by atoms with Gasteiger partial charge in [-0.25, -0.2) is 27.6 Å². The zero-order chi connectivity index (χ0) is 42.3.